The second-order valence-electron chi connectivity index (χ2n) is 3.39. The minimum absolute atomic E-state index is 0.191. The van der Waals surface area contributed by atoms with Gasteiger partial charge in [0.15, 0.2) is 11.5 Å². The van der Waals surface area contributed by atoms with Crippen LogP contribution < -0.4 is 0 Å². The van der Waals surface area contributed by atoms with Gasteiger partial charge in [-0.05, 0) is 6.42 Å². The van der Waals surface area contributed by atoms with Gasteiger partial charge in [-0.3, -0.25) is 0 Å². The SMILES string of the molecule is CCC(O)C1=C(c2ccccc2)OCO1. The summed E-state index contributed by atoms with van der Waals surface area (Å²) in [7, 11) is 0. The summed E-state index contributed by atoms with van der Waals surface area (Å²) in [6.45, 7) is 2.10. The van der Waals surface area contributed by atoms with E-state index in [1.54, 1.807) is 0 Å². The van der Waals surface area contributed by atoms with E-state index in [9.17, 15) is 5.11 Å². The molecule has 3 nitrogen and oxygen atoms in total. The number of hydrogen-bond donors (Lipinski definition) is 1. The number of ether oxygens (including phenoxy) is 2. The molecule has 1 heterocycles. The van der Waals surface area contributed by atoms with Crippen molar-refractivity contribution >= 4 is 5.76 Å². The first-order valence-electron chi connectivity index (χ1n) is 5.06. The van der Waals surface area contributed by atoms with Crippen molar-refractivity contribution in [3.8, 4) is 0 Å². The lowest BCUT2D eigenvalue weighted by atomic mass is 10.1. The van der Waals surface area contributed by atoms with Gasteiger partial charge >= 0.3 is 0 Å². The molecule has 1 aromatic carbocycles. The summed E-state index contributed by atoms with van der Waals surface area (Å²) >= 11 is 0. The van der Waals surface area contributed by atoms with Gasteiger partial charge in [-0.25, -0.2) is 0 Å². The molecule has 80 valence electrons. The molecule has 0 fully saturated rings. The fourth-order valence-electron chi connectivity index (χ4n) is 1.54. The molecular formula is C12H14O3. The van der Waals surface area contributed by atoms with Crippen LogP contribution in [0.2, 0.25) is 0 Å². The van der Waals surface area contributed by atoms with Gasteiger partial charge in [-0.2, -0.15) is 0 Å². The van der Waals surface area contributed by atoms with Gasteiger partial charge in [0.25, 0.3) is 0 Å². The van der Waals surface area contributed by atoms with Crippen molar-refractivity contribution in [3.63, 3.8) is 0 Å². The predicted molar refractivity (Wildman–Crippen MR) is 56.7 cm³/mol. The molecule has 1 aliphatic rings. The van der Waals surface area contributed by atoms with Crippen LogP contribution >= 0.6 is 0 Å². The average molecular weight is 206 g/mol. The van der Waals surface area contributed by atoms with Crippen molar-refractivity contribution in [2.24, 2.45) is 0 Å². The number of rotatable bonds is 3. The molecule has 15 heavy (non-hydrogen) atoms. The summed E-state index contributed by atoms with van der Waals surface area (Å²) in [5.41, 5.74) is 0.942. The Bertz CT molecular complexity index is 356. The normalized spacial score (nSPS) is 17.2. The molecule has 2 rings (SSSR count). The van der Waals surface area contributed by atoms with Gasteiger partial charge in [0.1, 0.15) is 6.10 Å². The Morgan fingerprint density at radius 1 is 1.27 bits per heavy atom. The standard InChI is InChI=1S/C12H14O3/c1-2-10(13)12-11(14-8-15-12)9-6-4-3-5-7-9/h3-7,10,13H,2,8H2,1H3. The maximum Gasteiger partial charge on any atom is 0.230 e. The van der Waals surface area contributed by atoms with Crippen LogP contribution in [0.25, 0.3) is 5.76 Å². The molecule has 3 heteroatoms. The minimum atomic E-state index is -0.581. The first-order valence-corrected chi connectivity index (χ1v) is 5.06. The van der Waals surface area contributed by atoms with E-state index in [-0.39, 0.29) is 6.79 Å². The summed E-state index contributed by atoms with van der Waals surface area (Å²) < 4.78 is 10.7. The van der Waals surface area contributed by atoms with E-state index in [4.69, 9.17) is 9.47 Å². The van der Waals surface area contributed by atoms with Crippen LogP contribution in [0.1, 0.15) is 18.9 Å². The predicted octanol–water partition coefficient (Wildman–Crippen LogP) is 2.13. The first kappa shape index (κ1) is 10.1. The molecule has 0 aromatic heterocycles. The Hall–Kier alpha value is -1.48. The van der Waals surface area contributed by atoms with Crippen LogP contribution in [0.4, 0.5) is 0 Å². The molecule has 1 aliphatic heterocycles. The lowest BCUT2D eigenvalue weighted by Gasteiger charge is -2.08. The monoisotopic (exact) mass is 206 g/mol. The zero-order chi connectivity index (χ0) is 10.7. The highest BCUT2D eigenvalue weighted by molar-refractivity contribution is 5.63. The molecule has 1 aromatic rings. The van der Waals surface area contributed by atoms with Crippen LogP contribution in [0.3, 0.4) is 0 Å². The van der Waals surface area contributed by atoms with Crippen molar-refractivity contribution < 1.29 is 14.6 Å². The highest BCUT2D eigenvalue weighted by Crippen LogP contribution is 2.29. The van der Waals surface area contributed by atoms with Crippen LogP contribution in [0.15, 0.2) is 36.1 Å². The lowest BCUT2D eigenvalue weighted by molar-refractivity contribution is 0.0522. The van der Waals surface area contributed by atoms with E-state index >= 15 is 0 Å². The highest BCUT2D eigenvalue weighted by Gasteiger charge is 2.24. The molecule has 1 N–H and O–H groups in total. The van der Waals surface area contributed by atoms with Gasteiger partial charge in [0, 0.05) is 5.56 Å². The van der Waals surface area contributed by atoms with E-state index in [0.717, 1.165) is 5.56 Å². The highest BCUT2D eigenvalue weighted by atomic mass is 16.7. The lowest BCUT2D eigenvalue weighted by Crippen LogP contribution is -2.09. The van der Waals surface area contributed by atoms with Gasteiger partial charge in [0.05, 0.1) is 0 Å². The Balaban J connectivity index is 2.34. The molecule has 1 unspecified atom stereocenters. The molecule has 0 aliphatic carbocycles. The van der Waals surface area contributed by atoms with Crippen LogP contribution in [-0.4, -0.2) is 18.0 Å². The molecule has 0 saturated carbocycles. The quantitative estimate of drug-likeness (QED) is 0.823. The number of aliphatic hydroxyl groups is 1. The van der Waals surface area contributed by atoms with Gasteiger partial charge in [0.2, 0.25) is 6.79 Å². The van der Waals surface area contributed by atoms with E-state index in [2.05, 4.69) is 0 Å². The van der Waals surface area contributed by atoms with Crippen molar-refractivity contribution in [2.75, 3.05) is 6.79 Å². The fourth-order valence-corrected chi connectivity index (χ4v) is 1.54. The molecular weight excluding hydrogens is 192 g/mol. The van der Waals surface area contributed by atoms with E-state index in [1.165, 1.54) is 0 Å². The smallest absolute Gasteiger partial charge is 0.230 e. The second kappa shape index (κ2) is 4.36. The Morgan fingerprint density at radius 3 is 2.67 bits per heavy atom. The first-order chi connectivity index (χ1) is 7.33. The van der Waals surface area contributed by atoms with Crippen LogP contribution in [-0.2, 0) is 9.47 Å². The number of hydrogen-bond acceptors (Lipinski definition) is 3. The number of benzene rings is 1. The average Bonchev–Trinajstić information content (AvgIpc) is 2.78. The maximum atomic E-state index is 9.73. The Labute approximate surface area is 88.9 Å². The van der Waals surface area contributed by atoms with Crippen molar-refractivity contribution in [1.29, 1.82) is 0 Å². The third-order valence-corrected chi connectivity index (χ3v) is 2.37. The van der Waals surface area contributed by atoms with Crippen LogP contribution in [0.5, 0.6) is 0 Å². The third-order valence-electron chi connectivity index (χ3n) is 2.37. The van der Waals surface area contributed by atoms with Gasteiger partial charge in [-0.1, -0.05) is 37.3 Å². The van der Waals surface area contributed by atoms with E-state index in [0.29, 0.717) is 17.9 Å². The maximum absolute atomic E-state index is 9.73. The summed E-state index contributed by atoms with van der Waals surface area (Å²) in [6.07, 6.45) is 0.0392. The fraction of sp³-hybridized carbons (Fsp3) is 0.333. The molecule has 0 radical (unpaired) electrons. The third kappa shape index (κ3) is 1.97. The largest absolute Gasteiger partial charge is 0.455 e. The summed E-state index contributed by atoms with van der Waals surface area (Å²) in [5, 5.41) is 9.73. The minimum Gasteiger partial charge on any atom is -0.455 e. The summed E-state index contributed by atoms with van der Waals surface area (Å²) in [6, 6.07) is 9.68. The summed E-state index contributed by atoms with van der Waals surface area (Å²) in [4.78, 5) is 0. The van der Waals surface area contributed by atoms with Gasteiger partial charge in [-0.15, -0.1) is 0 Å². The topological polar surface area (TPSA) is 38.7 Å². The molecule has 0 amide bonds. The second-order valence-corrected chi connectivity index (χ2v) is 3.39. The molecule has 0 saturated heterocycles. The van der Waals surface area contributed by atoms with Gasteiger partial charge < -0.3 is 14.6 Å². The van der Waals surface area contributed by atoms with Crippen LogP contribution in [0, 0.1) is 0 Å². The van der Waals surface area contributed by atoms with E-state index in [1.807, 2.05) is 37.3 Å². The van der Waals surface area contributed by atoms with Crippen molar-refractivity contribution in [1.82, 2.24) is 0 Å². The molecule has 0 spiro atoms. The Morgan fingerprint density at radius 2 is 2.00 bits per heavy atom. The van der Waals surface area contributed by atoms with E-state index < -0.39 is 6.10 Å². The molecule has 1 atom stereocenters. The van der Waals surface area contributed by atoms with Crippen molar-refractivity contribution in [2.45, 2.75) is 19.4 Å². The summed E-state index contributed by atoms with van der Waals surface area (Å²) in [5.74, 6) is 1.20. The number of aliphatic hydroxyl groups excluding tert-OH is 1. The molecule has 0 bridgehead atoms. The zero-order valence-electron chi connectivity index (χ0n) is 8.64. The van der Waals surface area contributed by atoms with Crippen molar-refractivity contribution in [3.05, 3.63) is 41.7 Å². The Kier molecular flexibility index (Phi) is 2.92. The zero-order valence-corrected chi connectivity index (χ0v) is 8.64.